The highest BCUT2D eigenvalue weighted by molar-refractivity contribution is 7.91. The van der Waals surface area contributed by atoms with E-state index in [9.17, 15) is 18.3 Å². The fraction of sp³-hybridized carbons (Fsp3) is 0.462. The second kappa shape index (κ2) is 8.80. The van der Waals surface area contributed by atoms with E-state index in [1.54, 1.807) is 12.4 Å². The Morgan fingerprint density at radius 1 is 1.18 bits per heavy atom. The summed E-state index contributed by atoms with van der Waals surface area (Å²) in [5.74, 6) is -0.210. The standard InChI is InChI=1S/C26H29N9O4S/c1-40(38,39)21-20(15-9-16-4-5-17(10-15)34(16)25(36)23-29-13-30-33-23)32-24-18(12-31-35(24)22(21)27)14-3-6-19(28-11-14)26(37)7-2-8-26/h3,6,11-13,15-17,37H,2,4-5,7-10,27H2,1H3,(H,29,30,33)/t15-,16-,17+. The zero-order valence-electron chi connectivity index (χ0n) is 21.9. The first kappa shape index (κ1) is 25.1. The number of rotatable bonds is 5. The fourth-order valence-electron chi connectivity index (χ4n) is 6.64. The molecule has 40 heavy (non-hydrogen) atoms. The molecule has 13 nitrogen and oxygen atoms in total. The Labute approximate surface area is 229 Å². The molecule has 14 heteroatoms. The fourth-order valence-corrected chi connectivity index (χ4v) is 7.70. The Balaban J connectivity index is 1.28. The number of nitrogen functional groups attached to an aromatic ring is 1. The van der Waals surface area contributed by atoms with Gasteiger partial charge in [-0.25, -0.2) is 13.4 Å². The van der Waals surface area contributed by atoms with Gasteiger partial charge in [-0.1, -0.05) is 6.07 Å². The van der Waals surface area contributed by atoms with Gasteiger partial charge in [-0.2, -0.15) is 9.61 Å². The van der Waals surface area contributed by atoms with Crippen molar-refractivity contribution in [1.29, 1.82) is 0 Å². The van der Waals surface area contributed by atoms with Crippen molar-refractivity contribution in [2.75, 3.05) is 12.0 Å². The maximum Gasteiger partial charge on any atom is 0.292 e. The van der Waals surface area contributed by atoms with E-state index in [0.29, 0.717) is 48.3 Å². The normalized spacial score (nSPS) is 23.9. The lowest BCUT2D eigenvalue weighted by Gasteiger charge is -2.38. The number of anilines is 1. The summed E-state index contributed by atoms with van der Waals surface area (Å²) in [5.41, 5.74) is 8.48. The van der Waals surface area contributed by atoms with E-state index >= 15 is 0 Å². The molecule has 0 aromatic carbocycles. The van der Waals surface area contributed by atoms with Crippen molar-refractivity contribution < 1.29 is 18.3 Å². The number of H-pyrrole nitrogens is 1. The third kappa shape index (κ3) is 3.80. The molecule has 1 saturated carbocycles. The number of pyridine rings is 1. The van der Waals surface area contributed by atoms with Crippen LogP contribution in [0.1, 0.15) is 72.9 Å². The molecule has 7 rings (SSSR count). The second-order valence-corrected chi connectivity index (χ2v) is 13.2. The number of nitrogens with zero attached hydrogens (tertiary/aromatic N) is 7. The van der Waals surface area contributed by atoms with E-state index in [0.717, 1.165) is 31.1 Å². The number of hydrogen-bond donors (Lipinski definition) is 3. The molecule has 4 N–H and O–H groups in total. The van der Waals surface area contributed by atoms with E-state index in [2.05, 4.69) is 25.3 Å². The van der Waals surface area contributed by atoms with E-state index < -0.39 is 15.4 Å². The minimum Gasteiger partial charge on any atom is -0.384 e. The summed E-state index contributed by atoms with van der Waals surface area (Å²) in [6.45, 7) is 0. The number of nitrogens with one attached hydrogen (secondary N) is 1. The summed E-state index contributed by atoms with van der Waals surface area (Å²) in [6, 6.07) is 3.52. The predicted octanol–water partition coefficient (Wildman–Crippen LogP) is 1.82. The van der Waals surface area contributed by atoms with Crippen LogP contribution >= 0.6 is 0 Å². The number of hydrogen-bond acceptors (Lipinski definition) is 10. The van der Waals surface area contributed by atoms with Crippen molar-refractivity contribution in [1.82, 2.24) is 39.7 Å². The van der Waals surface area contributed by atoms with Crippen LogP contribution in [-0.2, 0) is 15.4 Å². The van der Waals surface area contributed by atoms with Gasteiger partial charge in [0.15, 0.2) is 15.5 Å². The summed E-state index contributed by atoms with van der Waals surface area (Å²) in [6.07, 6.45) is 10.9. The summed E-state index contributed by atoms with van der Waals surface area (Å²) >= 11 is 0. The van der Waals surface area contributed by atoms with Gasteiger partial charge in [-0.3, -0.25) is 9.78 Å². The van der Waals surface area contributed by atoms with Gasteiger partial charge in [0, 0.05) is 41.6 Å². The van der Waals surface area contributed by atoms with Crippen molar-refractivity contribution in [2.45, 2.75) is 73.4 Å². The molecule has 6 heterocycles. The van der Waals surface area contributed by atoms with E-state index in [4.69, 9.17) is 10.7 Å². The zero-order valence-corrected chi connectivity index (χ0v) is 22.7. The van der Waals surface area contributed by atoms with E-state index in [1.807, 2.05) is 17.0 Å². The summed E-state index contributed by atoms with van der Waals surface area (Å²) in [4.78, 5) is 27.2. The molecule has 4 aromatic rings. The molecule has 2 saturated heterocycles. The Kier molecular flexibility index (Phi) is 5.52. The number of fused-ring (bicyclic) bond motifs is 3. The lowest BCUT2D eigenvalue weighted by molar-refractivity contribution is -0.0426. The molecule has 3 aliphatic rings. The average molecular weight is 564 g/mol. The van der Waals surface area contributed by atoms with Gasteiger partial charge in [0.2, 0.25) is 5.82 Å². The van der Waals surface area contributed by atoms with Crippen molar-refractivity contribution in [3.63, 3.8) is 0 Å². The molecule has 0 unspecified atom stereocenters. The molecule has 208 valence electrons. The molecule has 3 atom stereocenters. The van der Waals surface area contributed by atoms with Crippen LogP contribution in [0.25, 0.3) is 16.8 Å². The van der Waals surface area contributed by atoms with Crippen LogP contribution < -0.4 is 5.73 Å². The SMILES string of the molecule is CS(=O)(=O)c1c([C@@H]2C[C@H]3CC[C@@H](C2)N3C(=O)c2nnc[nH]2)nc2c(-c3ccc(C4(O)CCC4)nc3)cnn2c1N. The van der Waals surface area contributed by atoms with Crippen LogP contribution in [0.5, 0.6) is 0 Å². The molecule has 2 aliphatic heterocycles. The highest BCUT2D eigenvalue weighted by Crippen LogP contribution is 2.46. The highest BCUT2D eigenvalue weighted by atomic mass is 32.2. The first-order valence-corrected chi connectivity index (χ1v) is 15.3. The van der Waals surface area contributed by atoms with Crippen molar-refractivity contribution in [2.24, 2.45) is 0 Å². The third-order valence-corrected chi connectivity index (χ3v) is 9.90. The molecule has 0 radical (unpaired) electrons. The predicted molar refractivity (Wildman–Crippen MR) is 143 cm³/mol. The molecule has 3 fully saturated rings. The molecular formula is C26H29N9O4S. The van der Waals surface area contributed by atoms with Crippen LogP contribution in [0.3, 0.4) is 0 Å². The number of aromatic amines is 1. The lowest BCUT2D eigenvalue weighted by Crippen LogP contribution is -2.46. The number of sulfone groups is 1. The van der Waals surface area contributed by atoms with Gasteiger partial charge in [-0.05, 0) is 51.0 Å². The number of aliphatic hydroxyl groups is 1. The summed E-state index contributed by atoms with van der Waals surface area (Å²) < 4.78 is 27.4. The first-order chi connectivity index (χ1) is 19.1. The minimum atomic E-state index is -3.75. The Morgan fingerprint density at radius 2 is 1.93 bits per heavy atom. The topological polar surface area (TPSA) is 185 Å². The highest BCUT2D eigenvalue weighted by Gasteiger charge is 2.46. The largest absolute Gasteiger partial charge is 0.384 e. The van der Waals surface area contributed by atoms with Gasteiger partial charge in [0.05, 0.1) is 17.6 Å². The minimum absolute atomic E-state index is 0.00891. The van der Waals surface area contributed by atoms with Crippen LogP contribution in [-0.4, -0.2) is 77.4 Å². The molecule has 1 aliphatic carbocycles. The number of amides is 1. The Hall–Kier alpha value is -3.91. The van der Waals surface area contributed by atoms with Crippen molar-refractivity contribution in [3.05, 3.63) is 48.1 Å². The van der Waals surface area contributed by atoms with Crippen LogP contribution in [0.4, 0.5) is 5.82 Å². The van der Waals surface area contributed by atoms with Crippen molar-refractivity contribution in [3.8, 4) is 11.1 Å². The lowest BCUT2D eigenvalue weighted by atomic mass is 9.77. The quantitative estimate of drug-likeness (QED) is 0.323. The van der Waals surface area contributed by atoms with E-state index in [1.165, 1.54) is 10.8 Å². The van der Waals surface area contributed by atoms with Gasteiger partial charge in [0.25, 0.3) is 5.91 Å². The zero-order chi connectivity index (χ0) is 27.8. The number of aromatic nitrogens is 7. The van der Waals surface area contributed by atoms with Crippen LogP contribution in [0, 0.1) is 0 Å². The van der Waals surface area contributed by atoms with Gasteiger partial charge in [-0.15, -0.1) is 10.2 Å². The van der Waals surface area contributed by atoms with Gasteiger partial charge >= 0.3 is 0 Å². The molecule has 2 bridgehead atoms. The molecule has 0 spiro atoms. The maximum atomic E-state index is 13.1. The number of carbonyl (C=O) groups is 1. The molecule has 1 amide bonds. The Morgan fingerprint density at radius 3 is 2.50 bits per heavy atom. The number of carbonyl (C=O) groups excluding carboxylic acids is 1. The average Bonchev–Trinajstić information content (AvgIpc) is 3.65. The van der Waals surface area contributed by atoms with Gasteiger partial charge < -0.3 is 20.7 Å². The van der Waals surface area contributed by atoms with Crippen LogP contribution in [0.15, 0.2) is 35.7 Å². The summed E-state index contributed by atoms with van der Waals surface area (Å²) in [7, 11) is -3.75. The maximum absolute atomic E-state index is 13.1. The smallest absolute Gasteiger partial charge is 0.292 e. The first-order valence-electron chi connectivity index (χ1n) is 13.4. The number of nitrogens with two attached hydrogens (primary N) is 1. The van der Waals surface area contributed by atoms with Crippen LogP contribution in [0.2, 0.25) is 0 Å². The van der Waals surface area contributed by atoms with Gasteiger partial charge in [0.1, 0.15) is 22.6 Å². The molecular weight excluding hydrogens is 534 g/mol. The number of piperidine rings is 1. The summed E-state index contributed by atoms with van der Waals surface area (Å²) in [5, 5.41) is 22.6. The molecule has 4 aromatic heterocycles. The second-order valence-electron chi connectivity index (χ2n) is 11.2. The monoisotopic (exact) mass is 563 g/mol. The third-order valence-electron chi connectivity index (χ3n) is 8.74. The van der Waals surface area contributed by atoms with E-state index in [-0.39, 0.29) is 40.4 Å². The Bertz CT molecular complexity index is 1720. The van der Waals surface area contributed by atoms with Crippen molar-refractivity contribution >= 4 is 27.2 Å².